The Hall–Kier alpha value is -1.38. The summed E-state index contributed by atoms with van der Waals surface area (Å²) in [7, 11) is 3.05. The topological polar surface area (TPSA) is 103 Å². The SMILES string of the molecule is COc1cc2c(cc1OC)C1(O)CC(O)C(CC(C)C)C(O)(O)N1CC2. The largest absolute Gasteiger partial charge is 0.493 e. The van der Waals surface area contributed by atoms with Crippen molar-refractivity contribution in [3.8, 4) is 11.5 Å². The highest BCUT2D eigenvalue weighted by molar-refractivity contribution is 5.50. The van der Waals surface area contributed by atoms with Crippen LogP contribution < -0.4 is 9.47 Å². The lowest BCUT2D eigenvalue weighted by molar-refractivity contribution is -0.396. The lowest BCUT2D eigenvalue weighted by atomic mass is 9.74. The van der Waals surface area contributed by atoms with Gasteiger partial charge in [-0.2, -0.15) is 0 Å². The van der Waals surface area contributed by atoms with Crippen LogP contribution in [0.3, 0.4) is 0 Å². The Balaban J connectivity index is 2.08. The van der Waals surface area contributed by atoms with Gasteiger partial charge in [0, 0.05) is 18.5 Å². The molecule has 3 atom stereocenters. The molecule has 0 spiro atoms. The molecule has 0 amide bonds. The van der Waals surface area contributed by atoms with Gasteiger partial charge < -0.3 is 29.9 Å². The van der Waals surface area contributed by atoms with E-state index < -0.39 is 23.7 Å². The Morgan fingerprint density at radius 1 is 1.15 bits per heavy atom. The van der Waals surface area contributed by atoms with Crippen LogP contribution in [-0.2, 0) is 12.1 Å². The molecule has 3 rings (SSSR count). The molecule has 7 heteroatoms. The second-order valence-electron chi connectivity index (χ2n) is 7.78. The Kier molecular flexibility index (Phi) is 4.96. The third-order valence-electron chi connectivity index (χ3n) is 5.67. The highest BCUT2D eigenvalue weighted by atomic mass is 16.5. The maximum absolute atomic E-state index is 11.4. The van der Waals surface area contributed by atoms with Crippen LogP contribution in [-0.4, -0.2) is 58.1 Å². The van der Waals surface area contributed by atoms with Crippen molar-refractivity contribution in [3.05, 3.63) is 23.3 Å². The summed E-state index contributed by atoms with van der Waals surface area (Å²) in [5, 5.41) is 43.8. The number of aliphatic hydroxyl groups excluding tert-OH is 1. The monoisotopic (exact) mass is 367 g/mol. The first-order chi connectivity index (χ1) is 12.1. The van der Waals surface area contributed by atoms with Gasteiger partial charge in [0.1, 0.15) is 0 Å². The van der Waals surface area contributed by atoms with E-state index in [2.05, 4.69) is 0 Å². The maximum atomic E-state index is 11.4. The first-order valence-corrected chi connectivity index (χ1v) is 9.03. The predicted octanol–water partition coefficient (Wildman–Crippen LogP) is 0.772. The van der Waals surface area contributed by atoms with Gasteiger partial charge >= 0.3 is 0 Å². The van der Waals surface area contributed by atoms with Gasteiger partial charge in [0.2, 0.25) is 5.91 Å². The van der Waals surface area contributed by atoms with Gasteiger partial charge in [0.15, 0.2) is 17.2 Å². The van der Waals surface area contributed by atoms with Crippen LogP contribution in [0, 0.1) is 11.8 Å². The first-order valence-electron chi connectivity index (χ1n) is 9.03. The van der Waals surface area contributed by atoms with Crippen molar-refractivity contribution in [1.82, 2.24) is 4.90 Å². The summed E-state index contributed by atoms with van der Waals surface area (Å²) < 4.78 is 10.7. The molecule has 146 valence electrons. The minimum Gasteiger partial charge on any atom is -0.493 e. The van der Waals surface area contributed by atoms with Crippen molar-refractivity contribution in [2.75, 3.05) is 20.8 Å². The molecule has 0 aliphatic carbocycles. The Labute approximate surface area is 153 Å². The van der Waals surface area contributed by atoms with E-state index in [1.54, 1.807) is 19.2 Å². The van der Waals surface area contributed by atoms with Crippen LogP contribution in [0.1, 0.15) is 37.8 Å². The zero-order valence-electron chi connectivity index (χ0n) is 15.8. The van der Waals surface area contributed by atoms with Crippen molar-refractivity contribution >= 4 is 0 Å². The van der Waals surface area contributed by atoms with E-state index in [9.17, 15) is 20.4 Å². The molecule has 2 aliphatic rings. The number of piperidine rings is 1. The molecule has 1 saturated heterocycles. The molecular formula is C19H29NO6. The van der Waals surface area contributed by atoms with Crippen LogP contribution in [0.4, 0.5) is 0 Å². The Morgan fingerprint density at radius 3 is 2.35 bits per heavy atom. The third kappa shape index (κ3) is 2.88. The minimum atomic E-state index is -2.30. The van der Waals surface area contributed by atoms with Gasteiger partial charge in [-0.15, -0.1) is 0 Å². The van der Waals surface area contributed by atoms with Gasteiger partial charge in [-0.25, -0.2) is 4.90 Å². The average molecular weight is 367 g/mol. The van der Waals surface area contributed by atoms with Crippen LogP contribution >= 0.6 is 0 Å². The number of fused-ring (bicyclic) bond motifs is 3. The van der Waals surface area contributed by atoms with E-state index in [4.69, 9.17) is 9.47 Å². The standard InChI is InChI=1S/C19H29NO6/c1-11(2)7-14-15(21)10-18(22)13-9-17(26-4)16(25-3)8-12(13)5-6-20(18)19(14,23)24/h8-9,11,14-15,21-24H,5-7,10H2,1-4H3. The normalized spacial score (nSPS) is 30.7. The second-order valence-corrected chi connectivity index (χ2v) is 7.78. The minimum absolute atomic E-state index is 0.00423. The fourth-order valence-corrected chi connectivity index (χ4v) is 4.44. The number of ether oxygens (including phenoxy) is 2. The van der Waals surface area contributed by atoms with Crippen molar-refractivity contribution < 1.29 is 29.9 Å². The number of rotatable bonds is 4. The Bertz CT molecular complexity index is 676. The fraction of sp³-hybridized carbons (Fsp3) is 0.684. The van der Waals surface area contributed by atoms with Crippen LogP contribution in [0.2, 0.25) is 0 Å². The molecule has 4 N–H and O–H groups in total. The highest BCUT2D eigenvalue weighted by Gasteiger charge is 2.60. The van der Waals surface area contributed by atoms with Gasteiger partial charge in [0.05, 0.1) is 26.2 Å². The van der Waals surface area contributed by atoms with E-state index in [1.165, 1.54) is 12.0 Å². The molecule has 0 saturated carbocycles. The molecule has 1 fully saturated rings. The van der Waals surface area contributed by atoms with Gasteiger partial charge in [-0.3, -0.25) is 0 Å². The van der Waals surface area contributed by atoms with Crippen LogP contribution in [0.5, 0.6) is 11.5 Å². The van der Waals surface area contributed by atoms with Crippen LogP contribution in [0.25, 0.3) is 0 Å². The number of hydrogen-bond acceptors (Lipinski definition) is 7. The molecule has 3 unspecified atom stereocenters. The molecule has 0 bridgehead atoms. The number of benzene rings is 1. The smallest absolute Gasteiger partial charge is 0.233 e. The molecule has 26 heavy (non-hydrogen) atoms. The second kappa shape index (κ2) is 6.65. The predicted molar refractivity (Wildman–Crippen MR) is 94.6 cm³/mol. The van der Waals surface area contributed by atoms with Crippen molar-refractivity contribution in [3.63, 3.8) is 0 Å². The molecule has 2 heterocycles. The summed E-state index contributed by atoms with van der Waals surface area (Å²) >= 11 is 0. The summed E-state index contributed by atoms with van der Waals surface area (Å²) in [4.78, 5) is 1.30. The summed E-state index contributed by atoms with van der Waals surface area (Å²) in [6, 6.07) is 3.46. The number of nitrogens with zero attached hydrogens (tertiary/aromatic N) is 1. The summed E-state index contributed by atoms with van der Waals surface area (Å²) in [6.07, 6.45) is -0.0895. The maximum Gasteiger partial charge on any atom is 0.233 e. The van der Waals surface area contributed by atoms with Crippen molar-refractivity contribution in [2.45, 2.75) is 50.8 Å². The van der Waals surface area contributed by atoms with Crippen LogP contribution in [0.15, 0.2) is 12.1 Å². The highest BCUT2D eigenvalue weighted by Crippen LogP contribution is 2.50. The number of hydrogen-bond donors (Lipinski definition) is 4. The molecule has 1 aromatic carbocycles. The van der Waals surface area contributed by atoms with Crippen molar-refractivity contribution in [2.24, 2.45) is 11.8 Å². The molecule has 1 aromatic rings. The van der Waals surface area contributed by atoms with Crippen molar-refractivity contribution in [1.29, 1.82) is 0 Å². The average Bonchev–Trinajstić information content (AvgIpc) is 2.57. The molecule has 7 nitrogen and oxygen atoms in total. The molecular weight excluding hydrogens is 338 g/mol. The number of methoxy groups -OCH3 is 2. The first kappa shape index (κ1) is 19.4. The molecule has 0 aromatic heterocycles. The summed E-state index contributed by atoms with van der Waals surface area (Å²) in [5.74, 6) is -1.88. The molecule has 0 radical (unpaired) electrons. The zero-order chi connectivity index (χ0) is 19.3. The fourth-order valence-electron chi connectivity index (χ4n) is 4.44. The van der Waals surface area contributed by atoms with E-state index in [-0.39, 0.29) is 18.9 Å². The summed E-state index contributed by atoms with van der Waals surface area (Å²) in [6.45, 7) is 4.19. The van der Waals surface area contributed by atoms with E-state index in [1.807, 2.05) is 13.8 Å². The lowest BCUT2D eigenvalue weighted by Crippen LogP contribution is -2.71. The van der Waals surface area contributed by atoms with E-state index in [0.29, 0.717) is 29.9 Å². The van der Waals surface area contributed by atoms with Gasteiger partial charge in [-0.1, -0.05) is 13.8 Å². The molecule has 2 aliphatic heterocycles. The quantitative estimate of drug-likeness (QED) is 0.583. The van der Waals surface area contributed by atoms with E-state index >= 15 is 0 Å². The zero-order valence-corrected chi connectivity index (χ0v) is 15.8. The lowest BCUT2D eigenvalue weighted by Gasteiger charge is -2.57. The summed E-state index contributed by atoms with van der Waals surface area (Å²) in [5.41, 5.74) is -0.341. The van der Waals surface area contributed by atoms with Gasteiger partial charge in [-0.05, 0) is 36.5 Å². The third-order valence-corrected chi connectivity index (χ3v) is 5.67. The van der Waals surface area contributed by atoms with E-state index in [0.717, 1.165) is 5.56 Å². The van der Waals surface area contributed by atoms with Gasteiger partial charge in [0.25, 0.3) is 0 Å². The number of aliphatic hydroxyl groups is 4. The Morgan fingerprint density at radius 2 is 1.77 bits per heavy atom.